The summed E-state index contributed by atoms with van der Waals surface area (Å²) in [5.41, 5.74) is 1.54. The number of hydrogen-bond acceptors (Lipinski definition) is 3. The SMILES string of the molecule is c1noc2cn[nH]c12. The predicted molar refractivity (Wildman–Crippen MR) is 26.2 cm³/mol. The van der Waals surface area contributed by atoms with Crippen molar-refractivity contribution in [3.63, 3.8) is 0 Å². The van der Waals surface area contributed by atoms with Crippen LogP contribution in [0.15, 0.2) is 16.9 Å². The second kappa shape index (κ2) is 1.09. The smallest absolute Gasteiger partial charge is 0.204 e. The highest BCUT2D eigenvalue weighted by molar-refractivity contribution is 5.69. The average Bonchev–Trinajstić information content (AvgIpc) is 2.15. The second-order valence-electron chi connectivity index (χ2n) is 1.47. The van der Waals surface area contributed by atoms with Crippen LogP contribution in [0.3, 0.4) is 0 Å². The number of nitrogens with zero attached hydrogens (tertiary/aromatic N) is 2. The summed E-state index contributed by atoms with van der Waals surface area (Å²) in [6.45, 7) is 0. The molecule has 4 nitrogen and oxygen atoms in total. The van der Waals surface area contributed by atoms with Gasteiger partial charge in [-0.15, -0.1) is 0 Å². The van der Waals surface area contributed by atoms with E-state index in [-0.39, 0.29) is 0 Å². The van der Waals surface area contributed by atoms with Crippen molar-refractivity contribution in [3.8, 4) is 0 Å². The van der Waals surface area contributed by atoms with Gasteiger partial charge in [0.15, 0.2) is 0 Å². The first-order valence-corrected chi connectivity index (χ1v) is 2.20. The fraction of sp³-hybridized carbons (Fsp3) is 0. The number of aromatic amines is 1. The molecule has 2 aromatic heterocycles. The predicted octanol–water partition coefficient (Wildman–Crippen LogP) is 0.551. The molecule has 0 aliphatic heterocycles. The minimum Gasteiger partial charge on any atom is -0.353 e. The van der Waals surface area contributed by atoms with E-state index >= 15 is 0 Å². The van der Waals surface area contributed by atoms with Crippen LogP contribution in [0.5, 0.6) is 0 Å². The fourth-order valence-corrected chi connectivity index (χ4v) is 0.586. The van der Waals surface area contributed by atoms with Gasteiger partial charge in [0.25, 0.3) is 0 Å². The number of hydrogen-bond donors (Lipinski definition) is 1. The zero-order chi connectivity index (χ0) is 5.40. The van der Waals surface area contributed by atoms with Gasteiger partial charge in [0.1, 0.15) is 5.52 Å². The third kappa shape index (κ3) is 0.294. The van der Waals surface area contributed by atoms with E-state index in [0.29, 0.717) is 5.58 Å². The molecule has 0 spiro atoms. The summed E-state index contributed by atoms with van der Waals surface area (Å²) in [7, 11) is 0. The lowest BCUT2D eigenvalue weighted by Crippen LogP contribution is -1.60. The Bertz CT molecular complexity index is 233. The lowest BCUT2D eigenvalue weighted by molar-refractivity contribution is 0.456. The second-order valence-corrected chi connectivity index (χ2v) is 1.47. The topological polar surface area (TPSA) is 54.7 Å². The molecule has 0 aromatic carbocycles. The van der Waals surface area contributed by atoms with Gasteiger partial charge in [-0.05, 0) is 0 Å². The Hall–Kier alpha value is -1.32. The van der Waals surface area contributed by atoms with E-state index in [1.807, 2.05) is 0 Å². The van der Waals surface area contributed by atoms with Crippen LogP contribution in [0, 0.1) is 0 Å². The van der Waals surface area contributed by atoms with Gasteiger partial charge < -0.3 is 4.52 Å². The minimum absolute atomic E-state index is 0.699. The highest BCUT2D eigenvalue weighted by Crippen LogP contribution is 2.05. The maximum absolute atomic E-state index is 4.71. The molecular weight excluding hydrogens is 106 g/mol. The van der Waals surface area contributed by atoms with E-state index in [1.54, 1.807) is 12.4 Å². The summed E-state index contributed by atoms with van der Waals surface area (Å²) in [5, 5.41) is 9.91. The van der Waals surface area contributed by atoms with Gasteiger partial charge in [-0.2, -0.15) is 5.10 Å². The van der Waals surface area contributed by atoms with Crippen molar-refractivity contribution in [2.24, 2.45) is 0 Å². The van der Waals surface area contributed by atoms with Crippen molar-refractivity contribution < 1.29 is 4.52 Å². The van der Waals surface area contributed by atoms with Gasteiger partial charge in [0.05, 0.1) is 12.4 Å². The van der Waals surface area contributed by atoms with Crippen LogP contribution in [-0.4, -0.2) is 15.4 Å². The highest BCUT2D eigenvalue weighted by atomic mass is 16.5. The molecule has 0 unspecified atom stereocenters. The van der Waals surface area contributed by atoms with Crippen LogP contribution in [0.2, 0.25) is 0 Å². The molecule has 0 aliphatic carbocycles. The van der Waals surface area contributed by atoms with Gasteiger partial charge in [0.2, 0.25) is 5.58 Å². The Kier molecular flexibility index (Phi) is 0.498. The summed E-state index contributed by atoms with van der Waals surface area (Å²) in [6.07, 6.45) is 3.17. The van der Waals surface area contributed by atoms with Crippen molar-refractivity contribution >= 4 is 11.1 Å². The lowest BCUT2D eigenvalue weighted by atomic mass is 10.5. The van der Waals surface area contributed by atoms with Gasteiger partial charge in [-0.3, -0.25) is 5.10 Å². The third-order valence-electron chi connectivity index (χ3n) is 0.965. The highest BCUT2D eigenvalue weighted by Gasteiger charge is 1.95. The van der Waals surface area contributed by atoms with E-state index in [4.69, 9.17) is 4.52 Å². The molecule has 0 saturated carbocycles. The molecule has 2 heterocycles. The quantitative estimate of drug-likeness (QED) is 0.537. The molecule has 4 heteroatoms. The zero-order valence-corrected chi connectivity index (χ0v) is 3.96. The lowest BCUT2D eigenvalue weighted by Gasteiger charge is -1.59. The van der Waals surface area contributed by atoms with Gasteiger partial charge in [-0.1, -0.05) is 5.16 Å². The minimum atomic E-state index is 0.699. The van der Waals surface area contributed by atoms with Crippen molar-refractivity contribution in [1.29, 1.82) is 0 Å². The number of rotatable bonds is 0. The monoisotopic (exact) mass is 109 g/mol. The maximum Gasteiger partial charge on any atom is 0.204 e. The Labute approximate surface area is 44.5 Å². The first-order valence-electron chi connectivity index (χ1n) is 2.20. The van der Waals surface area contributed by atoms with Crippen LogP contribution in [0.1, 0.15) is 0 Å². The number of fused-ring (bicyclic) bond motifs is 1. The van der Waals surface area contributed by atoms with E-state index in [0.717, 1.165) is 5.52 Å². The molecule has 2 rings (SSSR count). The van der Waals surface area contributed by atoms with Gasteiger partial charge >= 0.3 is 0 Å². The standard InChI is InChI=1S/C4H3N3O/c1-3-4(8-6-1)2-5-7-3/h1-2H,(H,5,7). The summed E-state index contributed by atoms with van der Waals surface area (Å²) in [5.74, 6) is 0. The zero-order valence-electron chi connectivity index (χ0n) is 3.96. The van der Waals surface area contributed by atoms with Crippen molar-refractivity contribution in [2.45, 2.75) is 0 Å². The van der Waals surface area contributed by atoms with Crippen molar-refractivity contribution in [2.75, 3.05) is 0 Å². The largest absolute Gasteiger partial charge is 0.353 e. The Morgan fingerprint density at radius 1 is 1.50 bits per heavy atom. The maximum atomic E-state index is 4.71. The molecule has 0 fully saturated rings. The van der Waals surface area contributed by atoms with Gasteiger partial charge in [0, 0.05) is 0 Å². The van der Waals surface area contributed by atoms with E-state index in [2.05, 4.69) is 15.4 Å². The van der Waals surface area contributed by atoms with Crippen molar-refractivity contribution in [3.05, 3.63) is 12.4 Å². The van der Waals surface area contributed by atoms with Crippen LogP contribution < -0.4 is 0 Å². The molecule has 0 radical (unpaired) electrons. The van der Waals surface area contributed by atoms with Crippen molar-refractivity contribution in [1.82, 2.24) is 15.4 Å². The molecule has 1 N–H and O–H groups in total. The van der Waals surface area contributed by atoms with Crippen LogP contribution >= 0.6 is 0 Å². The molecule has 0 saturated heterocycles. The molecule has 0 aliphatic rings. The Morgan fingerprint density at radius 3 is 3.38 bits per heavy atom. The molecule has 0 bridgehead atoms. The van der Waals surface area contributed by atoms with Crippen LogP contribution in [0.25, 0.3) is 11.1 Å². The third-order valence-corrected chi connectivity index (χ3v) is 0.965. The van der Waals surface area contributed by atoms with E-state index in [1.165, 1.54) is 0 Å². The Balaban J connectivity index is 3.06. The molecule has 2 aromatic rings. The van der Waals surface area contributed by atoms with E-state index < -0.39 is 0 Å². The van der Waals surface area contributed by atoms with Crippen LogP contribution in [0.4, 0.5) is 0 Å². The summed E-state index contributed by atoms with van der Waals surface area (Å²) in [6, 6.07) is 0. The first-order chi connectivity index (χ1) is 3.97. The summed E-state index contributed by atoms with van der Waals surface area (Å²) in [4.78, 5) is 0. The summed E-state index contributed by atoms with van der Waals surface area (Å²) < 4.78 is 4.71. The van der Waals surface area contributed by atoms with E-state index in [9.17, 15) is 0 Å². The molecule has 0 atom stereocenters. The fourth-order valence-electron chi connectivity index (χ4n) is 0.586. The van der Waals surface area contributed by atoms with Gasteiger partial charge in [-0.25, -0.2) is 0 Å². The molecule has 8 heavy (non-hydrogen) atoms. The molecule has 0 amide bonds. The molecular formula is C4H3N3O. The van der Waals surface area contributed by atoms with Crippen LogP contribution in [-0.2, 0) is 0 Å². The number of aromatic nitrogens is 3. The average molecular weight is 109 g/mol. The summed E-state index contributed by atoms with van der Waals surface area (Å²) >= 11 is 0. The number of nitrogens with one attached hydrogen (secondary N) is 1. The first kappa shape index (κ1) is 3.65. The Morgan fingerprint density at radius 2 is 2.50 bits per heavy atom. The normalized spacial score (nSPS) is 10.5. The number of H-pyrrole nitrogens is 1. The molecule has 40 valence electrons.